The van der Waals surface area contributed by atoms with Gasteiger partial charge in [0.05, 0.1) is 10.9 Å². The van der Waals surface area contributed by atoms with Crippen molar-refractivity contribution in [2.24, 2.45) is 10.7 Å². The molecule has 0 spiro atoms. The largest absolute Gasteiger partial charge is 0.386 e. The van der Waals surface area contributed by atoms with Crippen LogP contribution in [0.3, 0.4) is 0 Å². The highest BCUT2D eigenvalue weighted by molar-refractivity contribution is 14.0. The fourth-order valence-corrected chi connectivity index (χ4v) is 2.12. The fraction of sp³-hybridized carbons (Fsp3) is 0.364. The first-order chi connectivity index (χ1) is 7.99. The Morgan fingerprint density at radius 1 is 1.67 bits per heavy atom. The highest BCUT2D eigenvalue weighted by Gasteiger charge is 2.09. The second-order valence-electron chi connectivity index (χ2n) is 3.69. The Kier molecular flexibility index (Phi) is 8.58. The molecule has 102 valence electrons. The average Bonchev–Trinajstić information content (AvgIpc) is 2.70. The smallest absolute Gasteiger partial charge is 0.188 e. The van der Waals surface area contributed by atoms with E-state index in [1.165, 1.54) is 11.3 Å². The Labute approximate surface area is 133 Å². The first-order valence-corrected chi connectivity index (χ1v) is 6.30. The molecule has 1 unspecified atom stereocenters. The number of thiophene rings is 1. The van der Waals surface area contributed by atoms with Crippen molar-refractivity contribution in [3.05, 3.63) is 33.5 Å². The number of aliphatic hydroxyl groups excluding tert-OH is 1. The summed E-state index contributed by atoms with van der Waals surface area (Å²) >= 11 is 7.11. The van der Waals surface area contributed by atoms with Gasteiger partial charge in [-0.2, -0.15) is 0 Å². The molecule has 0 saturated carbocycles. The predicted octanol–water partition coefficient (Wildman–Crippen LogP) is 2.53. The molecule has 0 amide bonds. The number of halogens is 2. The van der Waals surface area contributed by atoms with Gasteiger partial charge in [-0.3, -0.25) is 4.99 Å². The van der Waals surface area contributed by atoms with Gasteiger partial charge in [0.25, 0.3) is 0 Å². The van der Waals surface area contributed by atoms with Gasteiger partial charge in [0.2, 0.25) is 0 Å². The topological polar surface area (TPSA) is 70.6 Å². The molecule has 0 radical (unpaired) electrons. The molecular formula is C11H17ClIN3OS. The van der Waals surface area contributed by atoms with E-state index in [-0.39, 0.29) is 30.5 Å². The number of nitrogens with zero attached hydrogens (tertiary/aromatic N) is 1. The van der Waals surface area contributed by atoms with E-state index < -0.39 is 6.10 Å². The van der Waals surface area contributed by atoms with E-state index in [1.54, 1.807) is 12.1 Å². The zero-order valence-electron chi connectivity index (χ0n) is 10.0. The van der Waals surface area contributed by atoms with E-state index in [0.717, 1.165) is 10.5 Å². The van der Waals surface area contributed by atoms with Crippen LogP contribution in [0.4, 0.5) is 0 Å². The van der Waals surface area contributed by atoms with Gasteiger partial charge in [-0.15, -0.1) is 35.3 Å². The molecule has 0 aliphatic rings. The van der Waals surface area contributed by atoms with Crippen LogP contribution in [0.15, 0.2) is 29.3 Å². The molecule has 1 aromatic rings. The number of aliphatic imine (C=N–C) groups is 1. The molecule has 18 heavy (non-hydrogen) atoms. The number of rotatable bonds is 5. The molecule has 1 heterocycles. The Hall–Kier alpha value is -0.310. The predicted molar refractivity (Wildman–Crippen MR) is 89.0 cm³/mol. The van der Waals surface area contributed by atoms with E-state index >= 15 is 0 Å². The third-order valence-corrected chi connectivity index (χ3v) is 3.26. The number of nitrogens with one attached hydrogen (secondary N) is 1. The second-order valence-corrected chi connectivity index (χ2v) is 5.44. The molecule has 1 aromatic heterocycles. The lowest BCUT2D eigenvalue weighted by molar-refractivity contribution is 0.191. The number of hydrogen-bond acceptors (Lipinski definition) is 3. The van der Waals surface area contributed by atoms with E-state index in [0.29, 0.717) is 16.8 Å². The molecule has 0 aliphatic heterocycles. The van der Waals surface area contributed by atoms with Gasteiger partial charge in [-0.05, 0) is 19.1 Å². The van der Waals surface area contributed by atoms with E-state index in [9.17, 15) is 5.11 Å². The van der Waals surface area contributed by atoms with Gasteiger partial charge in [-0.25, -0.2) is 0 Å². The summed E-state index contributed by atoms with van der Waals surface area (Å²) in [5.74, 6) is 0.301. The standard InChI is InChI=1S/C11H16ClN3OS.HI/c1-7(2)5-14-11(13)15-6-8(16)9-3-4-10(12)17-9;/h3-4,8,16H,1,5-6H2,2H3,(H3,13,14,15);1H. The Morgan fingerprint density at radius 3 is 2.83 bits per heavy atom. The van der Waals surface area contributed by atoms with E-state index in [2.05, 4.69) is 16.9 Å². The normalized spacial score (nSPS) is 12.7. The van der Waals surface area contributed by atoms with Crippen LogP contribution in [0.2, 0.25) is 4.34 Å². The highest BCUT2D eigenvalue weighted by atomic mass is 127. The summed E-state index contributed by atoms with van der Waals surface area (Å²) in [4.78, 5) is 4.82. The number of aliphatic hydroxyl groups is 1. The van der Waals surface area contributed by atoms with Crippen molar-refractivity contribution in [1.82, 2.24) is 5.32 Å². The van der Waals surface area contributed by atoms with Crippen LogP contribution >= 0.6 is 46.9 Å². The third kappa shape index (κ3) is 6.58. The minimum absolute atomic E-state index is 0. The molecule has 1 rings (SSSR count). The number of hydrogen-bond donors (Lipinski definition) is 3. The molecule has 1 atom stereocenters. The quantitative estimate of drug-likeness (QED) is 0.307. The monoisotopic (exact) mass is 401 g/mol. The lowest BCUT2D eigenvalue weighted by Crippen LogP contribution is -2.33. The average molecular weight is 402 g/mol. The zero-order chi connectivity index (χ0) is 12.8. The van der Waals surface area contributed by atoms with Gasteiger partial charge in [0.15, 0.2) is 5.96 Å². The molecule has 0 aromatic carbocycles. The minimum atomic E-state index is -0.669. The highest BCUT2D eigenvalue weighted by Crippen LogP contribution is 2.26. The summed E-state index contributed by atoms with van der Waals surface area (Å²) in [7, 11) is 0. The van der Waals surface area contributed by atoms with Crippen molar-refractivity contribution in [3.63, 3.8) is 0 Å². The Balaban J connectivity index is 0.00000289. The molecular weight excluding hydrogens is 385 g/mol. The maximum Gasteiger partial charge on any atom is 0.188 e. The van der Waals surface area contributed by atoms with Crippen LogP contribution in [0.25, 0.3) is 0 Å². The summed E-state index contributed by atoms with van der Waals surface area (Å²) in [5, 5.41) is 12.7. The molecule has 4 nitrogen and oxygen atoms in total. The SMILES string of the molecule is C=C(C)CNC(N)=NCC(O)c1ccc(Cl)s1.I. The lowest BCUT2D eigenvalue weighted by atomic mass is 10.3. The minimum Gasteiger partial charge on any atom is -0.386 e. The van der Waals surface area contributed by atoms with Crippen molar-refractivity contribution in [3.8, 4) is 0 Å². The van der Waals surface area contributed by atoms with Crippen LogP contribution in [0, 0.1) is 0 Å². The first kappa shape index (κ1) is 17.7. The molecule has 4 N–H and O–H groups in total. The molecule has 0 aliphatic carbocycles. The Bertz CT molecular complexity index is 422. The van der Waals surface area contributed by atoms with Crippen molar-refractivity contribution in [1.29, 1.82) is 0 Å². The maximum atomic E-state index is 9.80. The molecule has 0 fully saturated rings. The summed E-state index contributed by atoms with van der Waals surface area (Å²) in [6.45, 7) is 6.42. The van der Waals surface area contributed by atoms with E-state index in [1.807, 2.05) is 6.92 Å². The fourth-order valence-electron chi connectivity index (χ4n) is 1.08. The number of guanidine groups is 1. The van der Waals surface area contributed by atoms with Gasteiger partial charge in [-0.1, -0.05) is 23.8 Å². The summed E-state index contributed by atoms with van der Waals surface area (Å²) in [6, 6.07) is 3.53. The first-order valence-electron chi connectivity index (χ1n) is 5.10. The van der Waals surface area contributed by atoms with Crippen LogP contribution < -0.4 is 11.1 Å². The van der Waals surface area contributed by atoms with Crippen LogP contribution in [-0.4, -0.2) is 24.2 Å². The van der Waals surface area contributed by atoms with Crippen molar-refractivity contribution in [2.45, 2.75) is 13.0 Å². The van der Waals surface area contributed by atoms with Gasteiger partial charge in [0.1, 0.15) is 6.10 Å². The van der Waals surface area contributed by atoms with Gasteiger partial charge < -0.3 is 16.2 Å². The maximum absolute atomic E-state index is 9.80. The van der Waals surface area contributed by atoms with Crippen molar-refractivity contribution >= 4 is 52.9 Å². The van der Waals surface area contributed by atoms with Crippen molar-refractivity contribution < 1.29 is 5.11 Å². The number of nitrogens with two attached hydrogens (primary N) is 1. The third-order valence-electron chi connectivity index (χ3n) is 1.93. The van der Waals surface area contributed by atoms with Crippen LogP contribution in [0.5, 0.6) is 0 Å². The van der Waals surface area contributed by atoms with Crippen LogP contribution in [0.1, 0.15) is 17.9 Å². The Morgan fingerprint density at radius 2 is 2.33 bits per heavy atom. The molecule has 0 bridgehead atoms. The van der Waals surface area contributed by atoms with Gasteiger partial charge in [0, 0.05) is 11.4 Å². The summed E-state index contributed by atoms with van der Waals surface area (Å²) in [5.41, 5.74) is 6.58. The van der Waals surface area contributed by atoms with Crippen molar-refractivity contribution in [2.75, 3.05) is 13.1 Å². The van der Waals surface area contributed by atoms with E-state index in [4.69, 9.17) is 17.3 Å². The molecule has 0 saturated heterocycles. The second kappa shape index (κ2) is 8.73. The van der Waals surface area contributed by atoms with Gasteiger partial charge >= 0.3 is 0 Å². The summed E-state index contributed by atoms with van der Waals surface area (Å²) < 4.78 is 0.649. The van der Waals surface area contributed by atoms with Crippen LogP contribution in [-0.2, 0) is 0 Å². The lowest BCUT2D eigenvalue weighted by Gasteiger charge is -2.07. The molecule has 7 heteroatoms. The summed E-state index contributed by atoms with van der Waals surface area (Å²) in [6.07, 6.45) is -0.669. The zero-order valence-corrected chi connectivity index (χ0v) is 13.9.